The minimum absolute atomic E-state index is 0.386. The van der Waals surface area contributed by atoms with Crippen molar-refractivity contribution in [3.8, 4) is 0 Å². The minimum atomic E-state index is 0.386. The molecule has 1 saturated carbocycles. The normalized spacial score (nSPS) is 37.6. The van der Waals surface area contributed by atoms with E-state index in [4.69, 9.17) is 4.74 Å². The van der Waals surface area contributed by atoms with E-state index >= 15 is 0 Å². The van der Waals surface area contributed by atoms with Crippen LogP contribution in [0, 0.1) is 0 Å². The topological polar surface area (TPSA) is 21.3 Å². The molecule has 1 saturated heterocycles. The molecule has 0 amide bonds. The SMILES string of the molecule is CC1OCCC1NC1CC1c1ccccc1. The first-order valence-corrected chi connectivity index (χ1v) is 6.27. The summed E-state index contributed by atoms with van der Waals surface area (Å²) in [4.78, 5) is 0. The predicted molar refractivity (Wildman–Crippen MR) is 64.5 cm³/mol. The van der Waals surface area contributed by atoms with Crippen LogP contribution in [0.4, 0.5) is 0 Å². The molecule has 1 aliphatic carbocycles. The van der Waals surface area contributed by atoms with Crippen molar-refractivity contribution in [2.75, 3.05) is 6.61 Å². The Morgan fingerprint density at radius 1 is 1.19 bits per heavy atom. The molecule has 0 aromatic heterocycles. The van der Waals surface area contributed by atoms with E-state index in [1.807, 2.05) is 0 Å². The molecule has 2 heteroatoms. The first kappa shape index (κ1) is 10.3. The van der Waals surface area contributed by atoms with Gasteiger partial charge in [-0.05, 0) is 25.3 Å². The zero-order valence-corrected chi connectivity index (χ0v) is 9.73. The molecule has 4 unspecified atom stereocenters. The third-order valence-electron chi connectivity index (χ3n) is 3.82. The van der Waals surface area contributed by atoms with E-state index in [9.17, 15) is 0 Å². The molecule has 1 aromatic rings. The van der Waals surface area contributed by atoms with Crippen LogP contribution in [-0.2, 0) is 4.74 Å². The van der Waals surface area contributed by atoms with Crippen molar-refractivity contribution < 1.29 is 4.74 Å². The fourth-order valence-corrected chi connectivity index (χ4v) is 2.67. The summed E-state index contributed by atoms with van der Waals surface area (Å²) < 4.78 is 5.57. The van der Waals surface area contributed by atoms with Crippen LogP contribution in [0.2, 0.25) is 0 Å². The van der Waals surface area contributed by atoms with E-state index in [1.165, 1.54) is 18.4 Å². The standard InChI is InChI=1S/C14H19NO/c1-10-13(7-8-16-10)15-14-9-12(14)11-5-3-2-4-6-11/h2-6,10,12-15H,7-9H2,1H3. The molecule has 2 fully saturated rings. The molecular weight excluding hydrogens is 198 g/mol. The maximum Gasteiger partial charge on any atom is 0.0700 e. The van der Waals surface area contributed by atoms with Gasteiger partial charge in [0, 0.05) is 24.6 Å². The summed E-state index contributed by atoms with van der Waals surface area (Å²) in [6, 6.07) is 12.1. The van der Waals surface area contributed by atoms with Crippen molar-refractivity contribution in [2.24, 2.45) is 0 Å². The van der Waals surface area contributed by atoms with Gasteiger partial charge in [-0.15, -0.1) is 0 Å². The summed E-state index contributed by atoms with van der Waals surface area (Å²) >= 11 is 0. The van der Waals surface area contributed by atoms with Crippen LogP contribution < -0.4 is 5.32 Å². The summed E-state index contributed by atoms with van der Waals surface area (Å²) in [6.07, 6.45) is 2.84. The fraction of sp³-hybridized carbons (Fsp3) is 0.571. The highest BCUT2D eigenvalue weighted by molar-refractivity contribution is 5.27. The molecule has 0 spiro atoms. The van der Waals surface area contributed by atoms with Crippen LogP contribution in [0.3, 0.4) is 0 Å². The van der Waals surface area contributed by atoms with Crippen LogP contribution in [0.5, 0.6) is 0 Å². The molecule has 86 valence electrons. The number of benzene rings is 1. The average molecular weight is 217 g/mol. The first-order valence-electron chi connectivity index (χ1n) is 6.27. The monoisotopic (exact) mass is 217 g/mol. The second kappa shape index (κ2) is 4.19. The highest BCUT2D eigenvalue weighted by Crippen LogP contribution is 2.41. The Balaban J connectivity index is 1.56. The van der Waals surface area contributed by atoms with Gasteiger partial charge in [0.2, 0.25) is 0 Å². The van der Waals surface area contributed by atoms with Gasteiger partial charge in [0.1, 0.15) is 0 Å². The van der Waals surface area contributed by atoms with Gasteiger partial charge < -0.3 is 10.1 Å². The number of nitrogens with one attached hydrogen (secondary N) is 1. The van der Waals surface area contributed by atoms with Crippen LogP contribution in [0.1, 0.15) is 31.2 Å². The third-order valence-corrected chi connectivity index (χ3v) is 3.82. The van der Waals surface area contributed by atoms with Crippen LogP contribution >= 0.6 is 0 Å². The van der Waals surface area contributed by atoms with Gasteiger partial charge in [0.05, 0.1) is 6.10 Å². The molecular formula is C14H19NO. The molecule has 2 aliphatic rings. The Labute approximate surface area is 97.0 Å². The summed E-state index contributed by atoms with van der Waals surface area (Å²) in [5, 5.41) is 3.73. The molecule has 1 N–H and O–H groups in total. The van der Waals surface area contributed by atoms with Crippen molar-refractivity contribution >= 4 is 0 Å². The molecule has 1 aromatic carbocycles. The van der Waals surface area contributed by atoms with Crippen molar-refractivity contribution in [3.05, 3.63) is 35.9 Å². The van der Waals surface area contributed by atoms with E-state index in [2.05, 4.69) is 42.6 Å². The lowest BCUT2D eigenvalue weighted by Crippen LogP contribution is -2.36. The van der Waals surface area contributed by atoms with Gasteiger partial charge in [-0.25, -0.2) is 0 Å². The zero-order valence-electron chi connectivity index (χ0n) is 9.73. The number of hydrogen-bond donors (Lipinski definition) is 1. The van der Waals surface area contributed by atoms with E-state index in [1.54, 1.807) is 0 Å². The second-order valence-electron chi connectivity index (χ2n) is 5.00. The Bertz CT molecular complexity index is 351. The fourth-order valence-electron chi connectivity index (χ4n) is 2.67. The van der Waals surface area contributed by atoms with E-state index in [-0.39, 0.29) is 0 Å². The molecule has 0 bridgehead atoms. The van der Waals surface area contributed by atoms with Crippen LogP contribution in [0.15, 0.2) is 30.3 Å². The summed E-state index contributed by atoms with van der Waals surface area (Å²) in [5.41, 5.74) is 1.48. The number of ether oxygens (including phenoxy) is 1. The Hall–Kier alpha value is -0.860. The molecule has 2 nitrogen and oxygen atoms in total. The third kappa shape index (κ3) is 2.00. The average Bonchev–Trinajstić information content (AvgIpc) is 2.97. The van der Waals surface area contributed by atoms with Crippen molar-refractivity contribution in [2.45, 2.75) is 43.9 Å². The first-order chi connectivity index (χ1) is 7.84. The van der Waals surface area contributed by atoms with E-state index < -0.39 is 0 Å². The summed E-state index contributed by atoms with van der Waals surface area (Å²) in [7, 11) is 0. The largest absolute Gasteiger partial charge is 0.377 e. The molecule has 4 atom stereocenters. The van der Waals surface area contributed by atoms with Crippen molar-refractivity contribution in [1.82, 2.24) is 5.32 Å². The summed E-state index contributed by atoms with van der Waals surface area (Å²) in [6.45, 7) is 3.09. The van der Waals surface area contributed by atoms with E-state index in [0.29, 0.717) is 18.2 Å². The van der Waals surface area contributed by atoms with Gasteiger partial charge in [0.15, 0.2) is 0 Å². The quantitative estimate of drug-likeness (QED) is 0.839. The molecule has 1 aliphatic heterocycles. The molecule has 1 heterocycles. The molecule has 3 rings (SSSR count). The van der Waals surface area contributed by atoms with E-state index in [0.717, 1.165) is 12.5 Å². The maximum absolute atomic E-state index is 5.57. The van der Waals surface area contributed by atoms with Gasteiger partial charge >= 0.3 is 0 Å². The highest BCUT2D eigenvalue weighted by atomic mass is 16.5. The lowest BCUT2D eigenvalue weighted by Gasteiger charge is -2.15. The number of rotatable bonds is 3. The predicted octanol–water partition coefficient (Wildman–Crippen LogP) is 2.31. The van der Waals surface area contributed by atoms with Crippen LogP contribution in [-0.4, -0.2) is 24.8 Å². The van der Waals surface area contributed by atoms with Crippen LogP contribution in [0.25, 0.3) is 0 Å². The summed E-state index contributed by atoms with van der Waals surface area (Å²) in [5.74, 6) is 0.731. The Kier molecular flexibility index (Phi) is 2.70. The van der Waals surface area contributed by atoms with Gasteiger partial charge in [-0.1, -0.05) is 30.3 Å². The van der Waals surface area contributed by atoms with Crippen molar-refractivity contribution in [3.63, 3.8) is 0 Å². The van der Waals surface area contributed by atoms with Crippen molar-refractivity contribution in [1.29, 1.82) is 0 Å². The minimum Gasteiger partial charge on any atom is -0.377 e. The lowest BCUT2D eigenvalue weighted by molar-refractivity contribution is 0.113. The zero-order chi connectivity index (χ0) is 11.0. The Morgan fingerprint density at radius 2 is 2.00 bits per heavy atom. The van der Waals surface area contributed by atoms with Gasteiger partial charge in [-0.3, -0.25) is 0 Å². The van der Waals surface area contributed by atoms with Gasteiger partial charge in [-0.2, -0.15) is 0 Å². The van der Waals surface area contributed by atoms with Gasteiger partial charge in [0.25, 0.3) is 0 Å². The lowest BCUT2D eigenvalue weighted by atomic mass is 10.1. The maximum atomic E-state index is 5.57. The number of hydrogen-bond acceptors (Lipinski definition) is 2. The smallest absolute Gasteiger partial charge is 0.0700 e. The molecule has 0 radical (unpaired) electrons. The Morgan fingerprint density at radius 3 is 2.69 bits per heavy atom. The highest BCUT2D eigenvalue weighted by Gasteiger charge is 2.40. The molecule has 16 heavy (non-hydrogen) atoms. The second-order valence-corrected chi connectivity index (χ2v) is 5.00.